The molecule has 5 nitrogen and oxygen atoms in total. The summed E-state index contributed by atoms with van der Waals surface area (Å²) in [6.45, 7) is 8.70. The second kappa shape index (κ2) is 6.71. The maximum atomic E-state index is 11.0. The zero-order valence-electron chi connectivity index (χ0n) is 8.04. The van der Waals surface area contributed by atoms with Crippen molar-refractivity contribution in [3.63, 3.8) is 0 Å². The van der Waals surface area contributed by atoms with Gasteiger partial charge in [-0.05, 0) is 13.3 Å². The molecule has 0 aliphatic heterocycles. The van der Waals surface area contributed by atoms with Crippen LogP contribution in [0.5, 0.6) is 0 Å². The first-order valence-corrected chi connectivity index (χ1v) is 4.04. The third kappa shape index (κ3) is 4.97. The molecule has 0 aliphatic rings. The molecule has 0 aromatic heterocycles. The van der Waals surface area contributed by atoms with Gasteiger partial charge in [0.25, 0.3) is 0 Å². The predicted molar refractivity (Wildman–Crippen MR) is 50.2 cm³/mol. The van der Waals surface area contributed by atoms with Crippen molar-refractivity contribution in [2.45, 2.75) is 13.3 Å². The highest BCUT2D eigenvalue weighted by Gasteiger charge is 2.09. The van der Waals surface area contributed by atoms with E-state index in [1.807, 2.05) is 5.48 Å². The quantitative estimate of drug-likeness (QED) is 0.421. The normalized spacial score (nSPS) is 8.64. The molecule has 78 valence electrons. The Morgan fingerprint density at radius 1 is 1.50 bits per heavy atom. The van der Waals surface area contributed by atoms with Crippen molar-refractivity contribution in [2.24, 2.45) is 0 Å². The molecule has 0 fully saturated rings. The molecule has 0 rings (SSSR count). The van der Waals surface area contributed by atoms with Crippen molar-refractivity contribution in [3.05, 3.63) is 24.8 Å². The first-order chi connectivity index (χ1) is 6.61. The van der Waals surface area contributed by atoms with Gasteiger partial charge in [0.2, 0.25) is 0 Å². The van der Waals surface area contributed by atoms with Crippen molar-refractivity contribution >= 4 is 12.1 Å². The fourth-order valence-corrected chi connectivity index (χ4v) is 0.578. The highest BCUT2D eigenvalue weighted by atomic mass is 16.7. The van der Waals surface area contributed by atoms with E-state index in [1.165, 1.54) is 6.08 Å². The standard InChI is InChI=1S/C9H13NO4/c1-4-6-7(3)8(11)14-10-9(12)13-5-2/h4H,1,3,5-6H2,2H3,(H,10,12). The summed E-state index contributed by atoms with van der Waals surface area (Å²) in [7, 11) is 0. The lowest BCUT2D eigenvalue weighted by molar-refractivity contribution is -0.145. The van der Waals surface area contributed by atoms with Crippen LogP contribution < -0.4 is 5.48 Å². The van der Waals surface area contributed by atoms with Gasteiger partial charge in [0.15, 0.2) is 0 Å². The number of ether oxygens (including phenoxy) is 1. The number of hydroxylamine groups is 1. The van der Waals surface area contributed by atoms with Crippen molar-refractivity contribution < 1.29 is 19.2 Å². The monoisotopic (exact) mass is 199 g/mol. The van der Waals surface area contributed by atoms with Gasteiger partial charge in [0.05, 0.1) is 6.61 Å². The summed E-state index contributed by atoms with van der Waals surface area (Å²) >= 11 is 0. The molecule has 0 saturated heterocycles. The number of allylic oxidation sites excluding steroid dienone is 1. The molecule has 1 amide bonds. The number of carbonyl (C=O) groups excluding carboxylic acids is 2. The van der Waals surface area contributed by atoms with Crippen LogP contribution in [-0.2, 0) is 14.4 Å². The van der Waals surface area contributed by atoms with Crippen LogP contribution >= 0.6 is 0 Å². The van der Waals surface area contributed by atoms with Gasteiger partial charge >= 0.3 is 12.1 Å². The first kappa shape index (κ1) is 12.2. The Hall–Kier alpha value is -1.78. The Morgan fingerprint density at radius 2 is 2.14 bits per heavy atom. The molecule has 0 spiro atoms. The molecule has 0 bridgehead atoms. The van der Waals surface area contributed by atoms with Crippen LogP contribution in [0.2, 0.25) is 0 Å². The zero-order valence-corrected chi connectivity index (χ0v) is 8.04. The lowest BCUT2D eigenvalue weighted by Crippen LogP contribution is -2.28. The van der Waals surface area contributed by atoms with E-state index < -0.39 is 12.1 Å². The average Bonchev–Trinajstić information content (AvgIpc) is 2.15. The molecule has 0 aliphatic carbocycles. The summed E-state index contributed by atoms with van der Waals surface area (Å²) in [5.74, 6) is -0.710. The van der Waals surface area contributed by atoms with Crippen LogP contribution in [0.3, 0.4) is 0 Å². The SMILES string of the molecule is C=CCC(=C)C(=O)ONC(=O)OCC. The van der Waals surface area contributed by atoms with Crippen molar-refractivity contribution in [3.8, 4) is 0 Å². The lowest BCUT2D eigenvalue weighted by atomic mass is 10.2. The van der Waals surface area contributed by atoms with E-state index in [-0.39, 0.29) is 12.2 Å². The summed E-state index contributed by atoms with van der Waals surface area (Å²) in [4.78, 5) is 26.0. The molecule has 1 N–H and O–H groups in total. The van der Waals surface area contributed by atoms with Crippen LogP contribution in [0.1, 0.15) is 13.3 Å². The Bertz CT molecular complexity index is 247. The molecular formula is C9H13NO4. The summed E-state index contributed by atoms with van der Waals surface area (Å²) in [6, 6.07) is 0. The van der Waals surface area contributed by atoms with Crippen molar-refractivity contribution in [1.29, 1.82) is 0 Å². The molecule has 0 aromatic carbocycles. The fraction of sp³-hybridized carbons (Fsp3) is 0.333. The number of hydrogen-bond donors (Lipinski definition) is 1. The van der Waals surface area contributed by atoms with Crippen molar-refractivity contribution in [1.82, 2.24) is 5.48 Å². The molecule has 0 saturated carbocycles. The molecule has 0 aromatic rings. The lowest BCUT2D eigenvalue weighted by Gasteiger charge is -2.05. The third-order valence-electron chi connectivity index (χ3n) is 1.18. The number of hydrogen-bond acceptors (Lipinski definition) is 4. The summed E-state index contributed by atoms with van der Waals surface area (Å²) in [5, 5.41) is 0. The molecule has 0 unspecified atom stereocenters. The van der Waals surface area contributed by atoms with Crippen LogP contribution in [-0.4, -0.2) is 18.7 Å². The van der Waals surface area contributed by atoms with E-state index in [2.05, 4.69) is 22.7 Å². The van der Waals surface area contributed by atoms with E-state index >= 15 is 0 Å². The minimum absolute atomic E-state index is 0.205. The average molecular weight is 199 g/mol. The van der Waals surface area contributed by atoms with Crippen LogP contribution in [0, 0.1) is 0 Å². The predicted octanol–water partition coefficient (Wildman–Crippen LogP) is 1.32. The second-order valence-corrected chi connectivity index (χ2v) is 2.31. The van der Waals surface area contributed by atoms with E-state index in [4.69, 9.17) is 0 Å². The molecule has 0 heterocycles. The van der Waals surface area contributed by atoms with Gasteiger partial charge in [0, 0.05) is 5.57 Å². The summed E-state index contributed by atoms with van der Waals surface area (Å²) < 4.78 is 4.45. The molecule has 0 atom stereocenters. The van der Waals surface area contributed by atoms with Gasteiger partial charge < -0.3 is 9.57 Å². The molecular weight excluding hydrogens is 186 g/mol. The fourth-order valence-electron chi connectivity index (χ4n) is 0.578. The highest BCUT2D eigenvalue weighted by Crippen LogP contribution is 1.99. The van der Waals surface area contributed by atoms with E-state index in [9.17, 15) is 9.59 Å². The largest absolute Gasteiger partial charge is 0.448 e. The summed E-state index contributed by atoms with van der Waals surface area (Å²) in [5.41, 5.74) is 2.02. The number of carbonyl (C=O) groups is 2. The summed E-state index contributed by atoms with van der Waals surface area (Å²) in [6.07, 6.45) is 1.00. The van der Waals surface area contributed by atoms with E-state index in [0.29, 0.717) is 6.42 Å². The maximum absolute atomic E-state index is 11.0. The van der Waals surface area contributed by atoms with Gasteiger partial charge in [0.1, 0.15) is 0 Å². The second-order valence-electron chi connectivity index (χ2n) is 2.31. The first-order valence-electron chi connectivity index (χ1n) is 4.04. The van der Waals surface area contributed by atoms with Gasteiger partial charge in [-0.3, -0.25) is 0 Å². The Kier molecular flexibility index (Phi) is 5.85. The minimum atomic E-state index is -0.813. The number of amides is 1. The van der Waals surface area contributed by atoms with Crippen LogP contribution in [0.15, 0.2) is 24.8 Å². The van der Waals surface area contributed by atoms with Gasteiger partial charge in [-0.15, -0.1) is 12.1 Å². The van der Waals surface area contributed by atoms with Crippen LogP contribution in [0.25, 0.3) is 0 Å². The van der Waals surface area contributed by atoms with Gasteiger partial charge in [-0.2, -0.15) is 0 Å². The Morgan fingerprint density at radius 3 is 2.64 bits per heavy atom. The topological polar surface area (TPSA) is 64.6 Å². The maximum Gasteiger partial charge on any atom is 0.440 e. The Labute approximate surface area is 82.3 Å². The highest BCUT2D eigenvalue weighted by molar-refractivity contribution is 5.88. The number of nitrogens with one attached hydrogen (secondary N) is 1. The minimum Gasteiger partial charge on any atom is -0.448 e. The molecule has 0 radical (unpaired) electrons. The van der Waals surface area contributed by atoms with Gasteiger partial charge in [-0.1, -0.05) is 12.7 Å². The number of rotatable bonds is 4. The van der Waals surface area contributed by atoms with E-state index in [1.54, 1.807) is 6.92 Å². The Balaban J connectivity index is 3.78. The smallest absolute Gasteiger partial charge is 0.440 e. The van der Waals surface area contributed by atoms with Crippen molar-refractivity contribution in [2.75, 3.05) is 6.61 Å². The molecule has 5 heteroatoms. The molecule has 14 heavy (non-hydrogen) atoms. The zero-order chi connectivity index (χ0) is 11.0. The van der Waals surface area contributed by atoms with Crippen LogP contribution in [0.4, 0.5) is 4.79 Å². The third-order valence-corrected chi connectivity index (χ3v) is 1.18. The van der Waals surface area contributed by atoms with Gasteiger partial charge in [-0.25, -0.2) is 9.59 Å². The van der Waals surface area contributed by atoms with E-state index in [0.717, 1.165) is 0 Å².